The Balaban J connectivity index is 1.47. The average molecular weight is 352 g/mol. The zero-order chi connectivity index (χ0) is 16.7. The lowest BCUT2D eigenvalue weighted by molar-refractivity contribution is -0.162. The molecule has 2 fully saturated rings. The van der Waals surface area contributed by atoms with Gasteiger partial charge >= 0.3 is 0 Å². The van der Waals surface area contributed by atoms with E-state index >= 15 is 0 Å². The van der Waals surface area contributed by atoms with E-state index in [9.17, 15) is 13.6 Å². The van der Waals surface area contributed by atoms with Gasteiger partial charge in [0.1, 0.15) is 17.6 Å². The molecule has 0 spiro atoms. The predicted octanol–water partition coefficient (Wildman–Crippen LogP) is 2.78. The predicted molar refractivity (Wildman–Crippen MR) is 88.5 cm³/mol. The third kappa shape index (κ3) is 2.35. The fourth-order valence-electron chi connectivity index (χ4n) is 3.52. The van der Waals surface area contributed by atoms with Crippen molar-refractivity contribution in [2.45, 2.75) is 25.7 Å². The van der Waals surface area contributed by atoms with Crippen molar-refractivity contribution in [3.63, 3.8) is 0 Å². The van der Waals surface area contributed by atoms with Gasteiger partial charge in [0.15, 0.2) is 0 Å². The third-order valence-electron chi connectivity index (χ3n) is 5.18. The van der Waals surface area contributed by atoms with Crippen molar-refractivity contribution in [2.24, 2.45) is 5.41 Å². The zero-order valence-corrected chi connectivity index (χ0v) is 13.9. The summed E-state index contributed by atoms with van der Waals surface area (Å²) in [5, 5.41) is 1.98. The number of carbonyl (C=O) groups excluding carboxylic acids is 1. The maximum Gasteiger partial charge on any atom is 0.252 e. The molecule has 2 aromatic rings. The SMILES string of the molecule is O=C(N1CCN(c2ncnc3ccsc23)CC1)C1(C(F)F)CCC1. The molecule has 1 aliphatic heterocycles. The van der Waals surface area contributed by atoms with Crippen LogP contribution in [0.5, 0.6) is 0 Å². The van der Waals surface area contributed by atoms with Crippen molar-refractivity contribution in [3.8, 4) is 0 Å². The Kier molecular flexibility index (Phi) is 3.86. The minimum Gasteiger partial charge on any atom is -0.352 e. The number of piperazine rings is 1. The highest BCUT2D eigenvalue weighted by molar-refractivity contribution is 7.17. The van der Waals surface area contributed by atoms with Crippen molar-refractivity contribution < 1.29 is 13.6 Å². The Bertz CT molecular complexity index is 753. The van der Waals surface area contributed by atoms with Gasteiger partial charge in [-0.1, -0.05) is 6.42 Å². The van der Waals surface area contributed by atoms with Crippen molar-refractivity contribution in [1.29, 1.82) is 0 Å². The van der Waals surface area contributed by atoms with Crippen LogP contribution in [0.25, 0.3) is 10.2 Å². The summed E-state index contributed by atoms with van der Waals surface area (Å²) < 4.78 is 27.7. The normalized spacial score (nSPS) is 20.5. The second kappa shape index (κ2) is 5.91. The van der Waals surface area contributed by atoms with Crippen LogP contribution in [0.2, 0.25) is 0 Å². The number of alkyl halides is 2. The van der Waals surface area contributed by atoms with E-state index in [-0.39, 0.29) is 5.91 Å². The van der Waals surface area contributed by atoms with E-state index in [1.807, 2.05) is 11.4 Å². The van der Waals surface area contributed by atoms with Crippen molar-refractivity contribution in [2.75, 3.05) is 31.1 Å². The number of hydrogen-bond donors (Lipinski definition) is 0. The lowest BCUT2D eigenvalue weighted by atomic mass is 9.68. The number of thiophene rings is 1. The van der Waals surface area contributed by atoms with E-state index in [0.717, 1.165) is 16.0 Å². The molecule has 24 heavy (non-hydrogen) atoms. The molecule has 5 nitrogen and oxygen atoms in total. The second-order valence-electron chi connectivity index (χ2n) is 6.42. The Labute approximate surface area is 142 Å². The second-order valence-corrected chi connectivity index (χ2v) is 7.34. The largest absolute Gasteiger partial charge is 0.352 e. The Morgan fingerprint density at radius 2 is 1.96 bits per heavy atom. The molecule has 0 atom stereocenters. The van der Waals surface area contributed by atoms with Crippen molar-refractivity contribution >= 4 is 33.3 Å². The van der Waals surface area contributed by atoms with Crippen LogP contribution in [-0.2, 0) is 4.79 Å². The highest BCUT2D eigenvalue weighted by Crippen LogP contribution is 2.47. The molecule has 1 aliphatic carbocycles. The van der Waals surface area contributed by atoms with E-state index in [4.69, 9.17) is 0 Å². The summed E-state index contributed by atoms with van der Waals surface area (Å²) in [6, 6.07) is 1.95. The summed E-state index contributed by atoms with van der Waals surface area (Å²) in [6.07, 6.45) is 0.316. The number of hydrogen-bond acceptors (Lipinski definition) is 5. The van der Waals surface area contributed by atoms with Gasteiger partial charge < -0.3 is 9.80 Å². The van der Waals surface area contributed by atoms with Gasteiger partial charge in [0, 0.05) is 26.2 Å². The lowest BCUT2D eigenvalue weighted by Gasteiger charge is -2.45. The number of anilines is 1. The van der Waals surface area contributed by atoms with Gasteiger partial charge in [-0.3, -0.25) is 4.79 Å². The average Bonchev–Trinajstić information content (AvgIpc) is 3.02. The maximum absolute atomic E-state index is 13.3. The molecule has 2 aromatic heterocycles. The van der Waals surface area contributed by atoms with E-state index in [2.05, 4.69) is 14.9 Å². The molecule has 0 radical (unpaired) electrons. The molecule has 1 amide bonds. The molecule has 0 bridgehead atoms. The van der Waals surface area contributed by atoms with Crippen LogP contribution in [0.1, 0.15) is 19.3 Å². The first kappa shape index (κ1) is 15.7. The van der Waals surface area contributed by atoms with Crippen LogP contribution >= 0.6 is 11.3 Å². The van der Waals surface area contributed by atoms with Gasteiger partial charge in [0.2, 0.25) is 5.91 Å². The minimum atomic E-state index is -2.57. The third-order valence-corrected chi connectivity index (χ3v) is 6.08. The van der Waals surface area contributed by atoms with Gasteiger partial charge in [0.25, 0.3) is 6.43 Å². The molecule has 4 rings (SSSR count). The van der Waals surface area contributed by atoms with Gasteiger partial charge in [-0.2, -0.15) is 0 Å². The summed E-state index contributed by atoms with van der Waals surface area (Å²) in [5.74, 6) is 0.502. The number of halogens is 2. The zero-order valence-electron chi connectivity index (χ0n) is 13.1. The van der Waals surface area contributed by atoms with Crippen LogP contribution in [0.3, 0.4) is 0 Å². The monoisotopic (exact) mass is 352 g/mol. The minimum absolute atomic E-state index is 0.311. The highest BCUT2D eigenvalue weighted by atomic mass is 32.1. The molecule has 1 saturated heterocycles. The number of fused-ring (bicyclic) bond motifs is 1. The summed E-state index contributed by atoms with van der Waals surface area (Å²) in [7, 11) is 0. The van der Waals surface area contributed by atoms with E-state index in [1.54, 1.807) is 22.6 Å². The summed E-state index contributed by atoms with van der Waals surface area (Å²) in [5.41, 5.74) is -0.507. The molecular weight excluding hydrogens is 334 g/mol. The molecule has 128 valence electrons. The fraction of sp³-hybridized carbons (Fsp3) is 0.562. The Hall–Kier alpha value is -1.83. The van der Waals surface area contributed by atoms with Crippen LogP contribution in [-0.4, -0.2) is 53.4 Å². The standard InChI is InChI=1S/C16H18F2N4OS/c17-14(18)16(3-1-4-16)15(23)22-7-5-21(6-8-22)13-12-11(2-9-24-12)19-10-20-13/h2,9-10,14H,1,3-8H2. The molecule has 8 heteroatoms. The lowest BCUT2D eigenvalue weighted by Crippen LogP contribution is -2.57. The number of aromatic nitrogens is 2. The smallest absolute Gasteiger partial charge is 0.252 e. The molecule has 0 aromatic carbocycles. The molecule has 0 unspecified atom stereocenters. The number of amides is 1. The molecule has 1 saturated carbocycles. The van der Waals surface area contributed by atoms with Gasteiger partial charge in [-0.15, -0.1) is 11.3 Å². The van der Waals surface area contributed by atoms with Crippen LogP contribution in [0, 0.1) is 5.41 Å². The number of carbonyl (C=O) groups is 1. The van der Waals surface area contributed by atoms with Crippen LogP contribution < -0.4 is 4.90 Å². The van der Waals surface area contributed by atoms with Gasteiger partial charge in [0.05, 0.1) is 10.2 Å². The van der Waals surface area contributed by atoms with Gasteiger partial charge in [-0.05, 0) is 24.3 Å². The van der Waals surface area contributed by atoms with E-state index in [0.29, 0.717) is 45.4 Å². The van der Waals surface area contributed by atoms with E-state index in [1.165, 1.54) is 0 Å². The first-order valence-corrected chi connectivity index (χ1v) is 9.00. The van der Waals surface area contributed by atoms with E-state index < -0.39 is 11.8 Å². The fourth-order valence-corrected chi connectivity index (χ4v) is 4.38. The first-order valence-electron chi connectivity index (χ1n) is 8.12. The number of rotatable bonds is 3. The maximum atomic E-state index is 13.3. The molecule has 0 N–H and O–H groups in total. The topological polar surface area (TPSA) is 49.3 Å². The van der Waals surface area contributed by atoms with Crippen LogP contribution in [0.15, 0.2) is 17.8 Å². The summed E-state index contributed by atoms with van der Waals surface area (Å²) in [6.45, 7) is 2.14. The van der Waals surface area contributed by atoms with Crippen molar-refractivity contribution in [1.82, 2.24) is 14.9 Å². The summed E-state index contributed by atoms with van der Waals surface area (Å²) in [4.78, 5) is 24.9. The summed E-state index contributed by atoms with van der Waals surface area (Å²) >= 11 is 1.59. The van der Waals surface area contributed by atoms with Gasteiger partial charge in [-0.25, -0.2) is 18.7 Å². The molecular formula is C16H18F2N4OS. The quantitative estimate of drug-likeness (QED) is 0.852. The molecule has 3 heterocycles. The van der Waals surface area contributed by atoms with Crippen LogP contribution in [0.4, 0.5) is 14.6 Å². The highest BCUT2D eigenvalue weighted by Gasteiger charge is 2.53. The molecule has 2 aliphatic rings. The Morgan fingerprint density at radius 1 is 1.21 bits per heavy atom. The Morgan fingerprint density at radius 3 is 2.58 bits per heavy atom. The first-order chi connectivity index (χ1) is 11.6. The number of nitrogens with zero attached hydrogens (tertiary/aromatic N) is 4. The van der Waals surface area contributed by atoms with Crippen molar-refractivity contribution in [3.05, 3.63) is 17.8 Å².